The fourth-order valence-corrected chi connectivity index (χ4v) is 3.15. The molecule has 0 radical (unpaired) electrons. The minimum absolute atomic E-state index is 0.0347. The third kappa shape index (κ3) is 3.82. The first-order valence-corrected chi connectivity index (χ1v) is 8.86. The Kier molecular flexibility index (Phi) is 5.22. The van der Waals surface area contributed by atoms with E-state index in [1.165, 1.54) is 29.5 Å². The van der Waals surface area contributed by atoms with Crippen LogP contribution >= 0.6 is 11.8 Å². The van der Waals surface area contributed by atoms with Crippen LogP contribution in [0.2, 0.25) is 0 Å². The number of halogens is 3. The largest absolute Gasteiger partial charge is 0.433 e. The van der Waals surface area contributed by atoms with Crippen molar-refractivity contribution in [2.75, 3.05) is 23.4 Å². The Bertz CT molecular complexity index is 988. The highest BCUT2D eigenvalue weighted by molar-refractivity contribution is 7.99. The number of nitrogens with zero attached hydrogens (tertiary/aromatic N) is 4. The molecule has 0 aromatic carbocycles. The predicted molar refractivity (Wildman–Crippen MR) is 96.1 cm³/mol. The van der Waals surface area contributed by atoms with Gasteiger partial charge in [0.25, 0.3) is 5.91 Å². The molecular formula is C16H15F3N6OS. The summed E-state index contributed by atoms with van der Waals surface area (Å²) in [6, 6.07) is 2.45. The summed E-state index contributed by atoms with van der Waals surface area (Å²) < 4.78 is 40.4. The predicted octanol–water partition coefficient (Wildman–Crippen LogP) is 3.55. The molecule has 7 nitrogen and oxygen atoms in total. The van der Waals surface area contributed by atoms with Gasteiger partial charge in [-0.25, -0.2) is 14.5 Å². The lowest BCUT2D eigenvalue weighted by Gasteiger charge is -2.13. The van der Waals surface area contributed by atoms with Gasteiger partial charge in [0.1, 0.15) is 16.3 Å². The Morgan fingerprint density at radius 2 is 2.07 bits per heavy atom. The Labute approximate surface area is 156 Å². The first-order chi connectivity index (χ1) is 12.8. The third-order valence-electron chi connectivity index (χ3n) is 3.58. The van der Waals surface area contributed by atoms with E-state index in [2.05, 4.69) is 25.7 Å². The number of aromatic nitrogens is 4. The van der Waals surface area contributed by atoms with Gasteiger partial charge in [-0.1, -0.05) is 6.92 Å². The molecule has 0 aliphatic rings. The minimum atomic E-state index is -4.62. The minimum Gasteiger partial charge on any atom is -0.385 e. The maximum Gasteiger partial charge on any atom is 0.433 e. The number of hydrogen-bond donors (Lipinski definition) is 2. The zero-order valence-corrected chi connectivity index (χ0v) is 15.1. The lowest BCUT2D eigenvalue weighted by molar-refractivity contribution is -0.141. The zero-order valence-electron chi connectivity index (χ0n) is 14.3. The first kappa shape index (κ1) is 19.0. The van der Waals surface area contributed by atoms with Crippen molar-refractivity contribution in [2.45, 2.75) is 18.1 Å². The number of fused-ring (bicyclic) bond motifs is 1. The second-order valence-corrected chi connectivity index (χ2v) is 6.57. The van der Waals surface area contributed by atoms with Crippen LogP contribution in [0, 0.1) is 0 Å². The average Bonchev–Trinajstić information content (AvgIpc) is 2.99. The Morgan fingerprint density at radius 3 is 2.74 bits per heavy atom. The molecule has 0 unspecified atom stereocenters. The summed E-state index contributed by atoms with van der Waals surface area (Å²) in [6.07, 6.45) is -0.442. The molecule has 0 aliphatic carbocycles. The summed E-state index contributed by atoms with van der Waals surface area (Å²) in [5, 5.41) is 10.00. The maximum atomic E-state index is 13.0. The summed E-state index contributed by atoms with van der Waals surface area (Å²) >= 11 is 1.34. The highest BCUT2D eigenvalue weighted by Crippen LogP contribution is 2.33. The van der Waals surface area contributed by atoms with Crippen LogP contribution < -0.4 is 10.6 Å². The third-order valence-corrected chi connectivity index (χ3v) is 4.43. The van der Waals surface area contributed by atoms with Crippen LogP contribution in [0.15, 0.2) is 35.7 Å². The summed E-state index contributed by atoms with van der Waals surface area (Å²) in [7, 11) is 1.52. The van der Waals surface area contributed by atoms with Crippen molar-refractivity contribution < 1.29 is 18.0 Å². The van der Waals surface area contributed by atoms with Crippen molar-refractivity contribution in [2.24, 2.45) is 0 Å². The van der Waals surface area contributed by atoms with Gasteiger partial charge in [-0.3, -0.25) is 4.79 Å². The van der Waals surface area contributed by atoms with Crippen LogP contribution in [0.1, 0.15) is 23.0 Å². The van der Waals surface area contributed by atoms with Crippen molar-refractivity contribution in [3.8, 4) is 0 Å². The molecule has 3 aromatic heterocycles. The van der Waals surface area contributed by atoms with Gasteiger partial charge in [-0.05, 0) is 17.9 Å². The van der Waals surface area contributed by atoms with E-state index < -0.39 is 17.8 Å². The highest BCUT2D eigenvalue weighted by Gasteiger charge is 2.33. The first-order valence-electron chi connectivity index (χ1n) is 7.87. The van der Waals surface area contributed by atoms with Crippen LogP contribution in [-0.4, -0.2) is 38.3 Å². The van der Waals surface area contributed by atoms with E-state index in [9.17, 15) is 18.0 Å². The fraction of sp³-hybridized carbons (Fsp3) is 0.250. The quantitative estimate of drug-likeness (QED) is 0.642. The Morgan fingerprint density at radius 1 is 1.30 bits per heavy atom. The van der Waals surface area contributed by atoms with Crippen molar-refractivity contribution in [1.82, 2.24) is 19.6 Å². The van der Waals surface area contributed by atoms with E-state index >= 15 is 0 Å². The molecule has 3 heterocycles. The van der Waals surface area contributed by atoms with E-state index in [1.807, 2.05) is 6.92 Å². The number of pyridine rings is 1. The molecule has 0 atom stereocenters. The molecule has 2 N–H and O–H groups in total. The summed E-state index contributed by atoms with van der Waals surface area (Å²) in [5.41, 5.74) is -0.354. The van der Waals surface area contributed by atoms with Gasteiger partial charge in [0.15, 0.2) is 5.65 Å². The number of thioether (sulfide) groups is 1. The Hall–Kier alpha value is -2.82. The summed E-state index contributed by atoms with van der Waals surface area (Å²) in [4.78, 5) is 20.4. The Balaban J connectivity index is 2.03. The molecule has 3 aromatic rings. The molecule has 11 heteroatoms. The molecule has 0 saturated carbocycles. The number of alkyl halides is 3. The topological polar surface area (TPSA) is 84.2 Å². The van der Waals surface area contributed by atoms with Gasteiger partial charge in [0.05, 0.1) is 17.6 Å². The van der Waals surface area contributed by atoms with Crippen LogP contribution in [0.3, 0.4) is 0 Å². The molecule has 0 aliphatic heterocycles. The monoisotopic (exact) mass is 396 g/mol. The highest BCUT2D eigenvalue weighted by atomic mass is 32.2. The number of carbonyl (C=O) groups is 1. The smallest absolute Gasteiger partial charge is 0.385 e. The van der Waals surface area contributed by atoms with E-state index in [0.717, 1.165) is 12.3 Å². The fourth-order valence-electron chi connectivity index (χ4n) is 2.40. The van der Waals surface area contributed by atoms with E-state index in [0.29, 0.717) is 16.4 Å². The average molecular weight is 396 g/mol. The molecule has 0 fully saturated rings. The van der Waals surface area contributed by atoms with Gasteiger partial charge < -0.3 is 10.6 Å². The number of hydrogen-bond acceptors (Lipinski definition) is 6. The van der Waals surface area contributed by atoms with E-state index in [-0.39, 0.29) is 16.9 Å². The van der Waals surface area contributed by atoms with Crippen molar-refractivity contribution >= 4 is 34.7 Å². The number of amides is 1. The van der Waals surface area contributed by atoms with Crippen LogP contribution in [0.25, 0.3) is 5.65 Å². The number of rotatable bonds is 5. The van der Waals surface area contributed by atoms with E-state index in [1.54, 1.807) is 12.3 Å². The van der Waals surface area contributed by atoms with Crippen LogP contribution in [0.4, 0.5) is 24.5 Å². The van der Waals surface area contributed by atoms with Gasteiger partial charge in [-0.2, -0.15) is 18.3 Å². The molecule has 1 amide bonds. The second-order valence-electron chi connectivity index (χ2n) is 5.32. The number of anilines is 2. The lowest BCUT2D eigenvalue weighted by atomic mass is 10.2. The van der Waals surface area contributed by atoms with E-state index in [4.69, 9.17) is 0 Å². The second kappa shape index (κ2) is 7.43. The normalized spacial score (nSPS) is 11.6. The van der Waals surface area contributed by atoms with Crippen LogP contribution in [0.5, 0.6) is 0 Å². The molecule has 0 spiro atoms. The molecule has 0 saturated heterocycles. The lowest BCUT2D eigenvalue weighted by Crippen LogP contribution is -2.16. The van der Waals surface area contributed by atoms with Crippen molar-refractivity contribution in [1.29, 1.82) is 0 Å². The SMILES string of the molecule is CCSc1nn2cccnc2c1C(=O)Nc1cc(C(F)(F)F)ncc1NC. The van der Waals surface area contributed by atoms with Crippen LogP contribution in [-0.2, 0) is 6.18 Å². The van der Waals surface area contributed by atoms with Gasteiger partial charge in [-0.15, -0.1) is 11.8 Å². The van der Waals surface area contributed by atoms with Gasteiger partial charge >= 0.3 is 6.18 Å². The molecule has 142 valence electrons. The molecule has 0 bridgehead atoms. The zero-order chi connectivity index (χ0) is 19.6. The van der Waals surface area contributed by atoms with Gasteiger partial charge in [0, 0.05) is 19.4 Å². The molecular weight excluding hydrogens is 381 g/mol. The standard InChI is InChI=1S/C16H15F3N6OS/c1-3-27-15-12(13-21-5-4-6-25(13)24-15)14(26)23-9-7-11(16(17,18)19)22-8-10(9)20-2/h4-8,20H,3H2,1-2H3,(H,22,23,26). The van der Waals surface area contributed by atoms with Crippen molar-refractivity contribution in [3.05, 3.63) is 42.0 Å². The molecule has 27 heavy (non-hydrogen) atoms. The van der Waals surface area contributed by atoms with Crippen molar-refractivity contribution in [3.63, 3.8) is 0 Å². The number of carbonyl (C=O) groups excluding carboxylic acids is 1. The summed E-state index contributed by atoms with van der Waals surface area (Å²) in [5.74, 6) is 0.0647. The maximum absolute atomic E-state index is 13.0. The summed E-state index contributed by atoms with van der Waals surface area (Å²) in [6.45, 7) is 1.90. The molecule has 3 rings (SSSR count). The van der Waals surface area contributed by atoms with Gasteiger partial charge in [0.2, 0.25) is 0 Å². The number of nitrogens with one attached hydrogen (secondary N) is 2.